The highest BCUT2D eigenvalue weighted by Crippen LogP contribution is 2.27. The number of carbonyl (C=O) groups is 3. The third kappa shape index (κ3) is 5.57. The molecule has 1 saturated heterocycles. The number of benzene rings is 1. The fraction of sp³-hybridized carbons (Fsp3) is 0.450. The van der Waals surface area contributed by atoms with Crippen molar-refractivity contribution in [3.8, 4) is 0 Å². The van der Waals surface area contributed by atoms with E-state index in [9.17, 15) is 14.4 Å². The van der Waals surface area contributed by atoms with Crippen LogP contribution in [0.25, 0.3) is 0 Å². The van der Waals surface area contributed by atoms with Crippen molar-refractivity contribution in [1.29, 1.82) is 0 Å². The van der Waals surface area contributed by atoms with Gasteiger partial charge in [-0.05, 0) is 32.9 Å². The molecule has 146 valence electrons. The van der Waals surface area contributed by atoms with Crippen LogP contribution in [0.15, 0.2) is 42.1 Å². The summed E-state index contributed by atoms with van der Waals surface area (Å²) in [5, 5.41) is 0. The molecule has 1 aliphatic rings. The first kappa shape index (κ1) is 20.5. The topological polar surface area (TPSA) is 76.2 Å². The molecule has 1 unspecified atom stereocenters. The van der Waals surface area contributed by atoms with Crippen molar-refractivity contribution < 1.29 is 23.9 Å². The van der Waals surface area contributed by atoms with Gasteiger partial charge in [0.25, 0.3) is 5.91 Å². The van der Waals surface area contributed by atoms with E-state index >= 15 is 0 Å². The fourth-order valence-electron chi connectivity index (χ4n) is 2.68. The number of ether oxygens (including phenoxy) is 2. The monoisotopic (exact) mass is 374 g/mol. The molecule has 0 spiro atoms. The molecule has 0 aromatic heterocycles. The first-order valence-corrected chi connectivity index (χ1v) is 8.74. The van der Waals surface area contributed by atoms with Crippen LogP contribution in [0.3, 0.4) is 0 Å². The number of nitrogens with zero attached hydrogens (tertiary/aromatic N) is 2. The molecular formula is C20H26N2O5. The zero-order chi connectivity index (χ0) is 20.2. The summed E-state index contributed by atoms with van der Waals surface area (Å²) in [5.41, 5.74) is 0.137. The molecule has 0 bridgehead atoms. The van der Waals surface area contributed by atoms with Crippen LogP contribution >= 0.6 is 0 Å². The number of imide groups is 1. The quantitative estimate of drug-likeness (QED) is 0.596. The zero-order valence-electron chi connectivity index (χ0n) is 16.4. The number of likely N-dealkylation sites (tertiary alicyclic amines) is 1. The molecule has 27 heavy (non-hydrogen) atoms. The minimum Gasteiger partial charge on any atom is -0.460 e. The van der Waals surface area contributed by atoms with Gasteiger partial charge in [0.2, 0.25) is 0 Å². The first-order chi connectivity index (χ1) is 12.6. The molecule has 1 atom stereocenters. The summed E-state index contributed by atoms with van der Waals surface area (Å²) >= 11 is 0. The zero-order valence-corrected chi connectivity index (χ0v) is 16.4. The van der Waals surface area contributed by atoms with Gasteiger partial charge < -0.3 is 14.4 Å². The van der Waals surface area contributed by atoms with Crippen molar-refractivity contribution >= 4 is 18.0 Å². The van der Waals surface area contributed by atoms with Gasteiger partial charge in [0, 0.05) is 32.3 Å². The van der Waals surface area contributed by atoms with Gasteiger partial charge in [0.15, 0.2) is 0 Å². The van der Waals surface area contributed by atoms with E-state index in [4.69, 9.17) is 9.47 Å². The van der Waals surface area contributed by atoms with Crippen LogP contribution in [-0.2, 0) is 14.3 Å². The van der Waals surface area contributed by atoms with E-state index in [1.807, 2.05) is 0 Å². The Kier molecular flexibility index (Phi) is 6.25. The number of rotatable bonds is 4. The fourth-order valence-corrected chi connectivity index (χ4v) is 2.68. The molecule has 0 N–H and O–H groups in total. The lowest BCUT2D eigenvalue weighted by Gasteiger charge is -2.26. The summed E-state index contributed by atoms with van der Waals surface area (Å²) in [5.74, 6) is -0.934. The normalized spacial score (nSPS) is 18.6. The highest BCUT2D eigenvalue weighted by atomic mass is 16.6. The van der Waals surface area contributed by atoms with E-state index in [0.717, 1.165) is 4.90 Å². The second-order valence-electron chi connectivity index (χ2n) is 7.60. The SMILES string of the molecule is CN(C)/C=C1\CC(COC(=O)c2ccccc2)N(C(=O)OC(C)(C)C)C1=O. The van der Waals surface area contributed by atoms with Crippen LogP contribution in [0, 0.1) is 0 Å². The number of amides is 2. The highest BCUT2D eigenvalue weighted by Gasteiger charge is 2.42. The van der Waals surface area contributed by atoms with Crippen LogP contribution in [0.1, 0.15) is 37.6 Å². The van der Waals surface area contributed by atoms with Crippen molar-refractivity contribution in [1.82, 2.24) is 9.80 Å². The lowest BCUT2D eigenvalue weighted by Crippen LogP contribution is -2.44. The Morgan fingerprint density at radius 2 is 1.85 bits per heavy atom. The summed E-state index contributed by atoms with van der Waals surface area (Å²) in [6.07, 6.45) is 1.22. The molecule has 0 saturated carbocycles. The minimum absolute atomic E-state index is 0.0938. The first-order valence-electron chi connectivity index (χ1n) is 8.74. The Morgan fingerprint density at radius 3 is 2.41 bits per heavy atom. The van der Waals surface area contributed by atoms with Gasteiger partial charge in [-0.25, -0.2) is 14.5 Å². The van der Waals surface area contributed by atoms with Gasteiger partial charge in [0.1, 0.15) is 12.2 Å². The molecule has 1 aromatic carbocycles. The van der Waals surface area contributed by atoms with Crippen molar-refractivity contribution in [2.75, 3.05) is 20.7 Å². The molecule has 2 amide bonds. The maximum absolute atomic E-state index is 12.7. The molecule has 7 nitrogen and oxygen atoms in total. The van der Waals surface area contributed by atoms with Gasteiger partial charge in [-0.2, -0.15) is 0 Å². The Labute approximate surface area is 159 Å². The molecule has 7 heteroatoms. The molecule has 2 rings (SSSR count). The number of carbonyl (C=O) groups excluding carboxylic acids is 3. The Morgan fingerprint density at radius 1 is 1.22 bits per heavy atom. The summed E-state index contributed by atoms with van der Waals surface area (Å²) in [4.78, 5) is 40.2. The van der Waals surface area contributed by atoms with E-state index < -0.39 is 29.6 Å². The highest BCUT2D eigenvalue weighted by molar-refractivity contribution is 6.05. The average Bonchev–Trinajstić information content (AvgIpc) is 2.87. The maximum atomic E-state index is 12.7. The molecular weight excluding hydrogens is 348 g/mol. The predicted octanol–water partition coefficient (Wildman–Crippen LogP) is 2.82. The minimum atomic E-state index is -0.740. The van der Waals surface area contributed by atoms with Crippen molar-refractivity contribution in [2.45, 2.75) is 38.8 Å². The second-order valence-corrected chi connectivity index (χ2v) is 7.60. The van der Waals surface area contributed by atoms with Crippen LogP contribution in [0.2, 0.25) is 0 Å². The van der Waals surface area contributed by atoms with Crippen molar-refractivity contribution in [3.05, 3.63) is 47.7 Å². The lowest BCUT2D eigenvalue weighted by atomic mass is 10.1. The van der Waals surface area contributed by atoms with Crippen molar-refractivity contribution in [2.24, 2.45) is 0 Å². The predicted molar refractivity (Wildman–Crippen MR) is 100.0 cm³/mol. The summed E-state index contributed by atoms with van der Waals surface area (Å²) in [6, 6.07) is 7.96. The molecule has 1 heterocycles. The summed E-state index contributed by atoms with van der Waals surface area (Å²) in [6.45, 7) is 5.09. The van der Waals surface area contributed by atoms with Crippen LogP contribution < -0.4 is 0 Å². The molecule has 1 fully saturated rings. The van der Waals surface area contributed by atoms with E-state index in [-0.39, 0.29) is 6.61 Å². The standard InChI is InChI=1S/C20H26N2O5/c1-20(2,3)27-19(25)22-16(11-15(17(22)23)12-21(4)5)13-26-18(24)14-9-7-6-8-10-14/h6-10,12,16H,11,13H2,1-5H3/b15-12+. The molecule has 0 radical (unpaired) electrons. The Bertz CT molecular complexity index is 734. The van der Waals surface area contributed by atoms with Gasteiger partial charge >= 0.3 is 12.1 Å². The molecule has 0 aliphatic carbocycles. The Balaban J connectivity index is 2.16. The van der Waals surface area contributed by atoms with Crippen LogP contribution in [-0.4, -0.2) is 60.1 Å². The van der Waals surface area contributed by atoms with Gasteiger partial charge in [-0.15, -0.1) is 0 Å². The second kappa shape index (κ2) is 8.24. The average molecular weight is 374 g/mol. The van der Waals surface area contributed by atoms with E-state index in [2.05, 4.69) is 0 Å². The third-order valence-electron chi connectivity index (χ3n) is 3.73. The summed E-state index contributed by atoms with van der Waals surface area (Å²) < 4.78 is 10.7. The number of hydrogen-bond donors (Lipinski definition) is 0. The van der Waals surface area contributed by atoms with Crippen LogP contribution in [0.5, 0.6) is 0 Å². The number of esters is 1. The summed E-state index contributed by atoms with van der Waals surface area (Å²) in [7, 11) is 3.59. The van der Waals surface area contributed by atoms with Gasteiger partial charge in [0.05, 0.1) is 11.6 Å². The van der Waals surface area contributed by atoms with E-state index in [1.165, 1.54) is 0 Å². The molecule has 1 aromatic rings. The lowest BCUT2D eigenvalue weighted by molar-refractivity contribution is -0.126. The smallest absolute Gasteiger partial charge is 0.417 e. The maximum Gasteiger partial charge on any atom is 0.417 e. The molecule has 1 aliphatic heterocycles. The Hall–Kier alpha value is -2.83. The van der Waals surface area contributed by atoms with Gasteiger partial charge in [-0.3, -0.25) is 4.79 Å². The van der Waals surface area contributed by atoms with Crippen molar-refractivity contribution in [3.63, 3.8) is 0 Å². The number of hydrogen-bond acceptors (Lipinski definition) is 6. The van der Waals surface area contributed by atoms with E-state index in [1.54, 1.807) is 76.3 Å². The van der Waals surface area contributed by atoms with Crippen LogP contribution in [0.4, 0.5) is 4.79 Å². The largest absolute Gasteiger partial charge is 0.460 e. The van der Waals surface area contributed by atoms with E-state index in [0.29, 0.717) is 17.6 Å². The third-order valence-corrected chi connectivity index (χ3v) is 3.73. The van der Waals surface area contributed by atoms with Gasteiger partial charge in [-0.1, -0.05) is 18.2 Å².